The number of aromatic nitrogens is 5. The van der Waals surface area contributed by atoms with Crippen LogP contribution in [0.4, 0.5) is 10.6 Å². The van der Waals surface area contributed by atoms with Crippen LogP contribution in [0.2, 0.25) is 0 Å². The minimum Gasteiger partial charge on any atom is -0.330 e. The Balaban J connectivity index is 1.74. The first kappa shape index (κ1) is 16.6. The number of nitrogens with one attached hydrogen (secondary N) is 2. The van der Waals surface area contributed by atoms with Gasteiger partial charge in [-0.1, -0.05) is 6.07 Å². The summed E-state index contributed by atoms with van der Waals surface area (Å²) in [5.74, 6) is 0.895. The molecular weight excluding hydrogens is 318 g/mol. The van der Waals surface area contributed by atoms with E-state index in [0.717, 1.165) is 17.1 Å². The van der Waals surface area contributed by atoms with Crippen LogP contribution < -0.4 is 10.6 Å². The van der Waals surface area contributed by atoms with Crippen molar-refractivity contribution in [3.63, 3.8) is 0 Å². The molecule has 128 valence electrons. The smallest absolute Gasteiger partial charge is 0.320 e. The summed E-state index contributed by atoms with van der Waals surface area (Å²) in [7, 11) is 0. The first-order valence-corrected chi connectivity index (χ1v) is 7.88. The number of anilines is 1. The number of nitrogens with zero attached hydrogens (tertiary/aromatic N) is 5. The largest absolute Gasteiger partial charge is 0.330 e. The number of urea groups is 1. The van der Waals surface area contributed by atoms with Gasteiger partial charge in [0, 0.05) is 23.7 Å². The molecule has 25 heavy (non-hydrogen) atoms. The maximum absolute atomic E-state index is 12.3. The number of aryl methyl sites for hydroxylation is 2. The number of carbonyl (C=O) groups excluding carboxylic acids is 1. The van der Waals surface area contributed by atoms with Gasteiger partial charge in [0.25, 0.3) is 5.95 Å². The normalized spacial score (nSPS) is 11.8. The van der Waals surface area contributed by atoms with E-state index in [4.69, 9.17) is 0 Å². The van der Waals surface area contributed by atoms with Gasteiger partial charge in [0.1, 0.15) is 5.82 Å². The molecule has 2 amide bonds. The number of hydrogen-bond acceptors (Lipinski definition) is 5. The lowest BCUT2D eigenvalue weighted by atomic mass is 10.2. The van der Waals surface area contributed by atoms with Gasteiger partial charge in [0.2, 0.25) is 0 Å². The molecule has 3 heterocycles. The Morgan fingerprint density at radius 2 is 1.88 bits per heavy atom. The first-order valence-electron chi connectivity index (χ1n) is 7.88. The average molecular weight is 337 g/mol. The highest BCUT2D eigenvalue weighted by molar-refractivity contribution is 5.88. The SMILES string of the molecule is Cc1cc(C)nc(-n2nccc2NC(=O)NC(C)c2ccccn2)n1. The summed E-state index contributed by atoms with van der Waals surface area (Å²) in [6.45, 7) is 5.64. The summed E-state index contributed by atoms with van der Waals surface area (Å²) in [5.41, 5.74) is 2.44. The molecule has 1 unspecified atom stereocenters. The molecule has 0 aromatic carbocycles. The van der Waals surface area contributed by atoms with Crippen molar-refractivity contribution in [3.8, 4) is 5.95 Å². The lowest BCUT2D eigenvalue weighted by Crippen LogP contribution is -2.32. The number of carbonyl (C=O) groups is 1. The van der Waals surface area contributed by atoms with E-state index in [9.17, 15) is 4.79 Å². The van der Waals surface area contributed by atoms with Crippen molar-refractivity contribution in [1.82, 2.24) is 30.0 Å². The van der Waals surface area contributed by atoms with Crippen LogP contribution in [0.1, 0.15) is 30.0 Å². The van der Waals surface area contributed by atoms with Gasteiger partial charge in [0.05, 0.1) is 17.9 Å². The summed E-state index contributed by atoms with van der Waals surface area (Å²) in [4.78, 5) is 25.2. The molecule has 0 fully saturated rings. The Labute approximate surface area is 145 Å². The van der Waals surface area contributed by atoms with Crippen LogP contribution in [0.15, 0.2) is 42.7 Å². The Morgan fingerprint density at radius 1 is 1.12 bits per heavy atom. The third-order valence-electron chi connectivity index (χ3n) is 3.52. The molecule has 0 aliphatic carbocycles. The third kappa shape index (κ3) is 3.97. The Kier molecular flexibility index (Phi) is 4.69. The van der Waals surface area contributed by atoms with Crippen molar-refractivity contribution in [3.05, 3.63) is 59.8 Å². The zero-order valence-corrected chi connectivity index (χ0v) is 14.3. The summed E-state index contributed by atoms with van der Waals surface area (Å²) in [6.07, 6.45) is 3.27. The minimum atomic E-state index is -0.357. The van der Waals surface area contributed by atoms with Gasteiger partial charge in [-0.3, -0.25) is 10.3 Å². The molecule has 0 aliphatic rings. The van der Waals surface area contributed by atoms with Crippen LogP contribution in [0.25, 0.3) is 5.95 Å². The van der Waals surface area contributed by atoms with Crippen LogP contribution >= 0.6 is 0 Å². The monoisotopic (exact) mass is 337 g/mol. The molecular formula is C17H19N7O. The lowest BCUT2D eigenvalue weighted by molar-refractivity contribution is 0.249. The van der Waals surface area contributed by atoms with Crippen LogP contribution in [-0.4, -0.2) is 30.8 Å². The van der Waals surface area contributed by atoms with Gasteiger partial charge in [-0.15, -0.1) is 0 Å². The average Bonchev–Trinajstić information content (AvgIpc) is 3.02. The van der Waals surface area contributed by atoms with E-state index in [1.807, 2.05) is 45.0 Å². The van der Waals surface area contributed by atoms with Crippen LogP contribution in [0.3, 0.4) is 0 Å². The molecule has 0 saturated carbocycles. The molecule has 8 nitrogen and oxygen atoms in total. The van der Waals surface area contributed by atoms with Crippen molar-refractivity contribution >= 4 is 11.8 Å². The fourth-order valence-electron chi connectivity index (χ4n) is 2.41. The van der Waals surface area contributed by atoms with E-state index in [2.05, 4.69) is 30.7 Å². The fraction of sp³-hybridized carbons (Fsp3) is 0.235. The predicted molar refractivity (Wildman–Crippen MR) is 93.4 cm³/mol. The quantitative estimate of drug-likeness (QED) is 0.762. The molecule has 0 radical (unpaired) electrons. The Hall–Kier alpha value is -3.29. The topological polar surface area (TPSA) is 97.6 Å². The molecule has 3 rings (SSSR count). The third-order valence-corrected chi connectivity index (χ3v) is 3.52. The van der Waals surface area contributed by atoms with Crippen molar-refractivity contribution in [1.29, 1.82) is 0 Å². The van der Waals surface area contributed by atoms with Crippen LogP contribution in [0.5, 0.6) is 0 Å². The predicted octanol–water partition coefficient (Wildman–Crippen LogP) is 2.56. The van der Waals surface area contributed by atoms with Crippen molar-refractivity contribution in [2.75, 3.05) is 5.32 Å². The molecule has 0 saturated heterocycles. The van der Waals surface area contributed by atoms with E-state index < -0.39 is 0 Å². The van der Waals surface area contributed by atoms with Gasteiger partial charge >= 0.3 is 6.03 Å². The highest BCUT2D eigenvalue weighted by atomic mass is 16.2. The van der Waals surface area contributed by atoms with E-state index in [1.165, 1.54) is 4.68 Å². The van der Waals surface area contributed by atoms with Crippen molar-refractivity contribution in [2.45, 2.75) is 26.8 Å². The molecule has 3 aromatic rings. The van der Waals surface area contributed by atoms with Gasteiger partial charge in [-0.2, -0.15) is 9.78 Å². The van der Waals surface area contributed by atoms with Gasteiger partial charge in [-0.05, 0) is 39.0 Å². The van der Waals surface area contributed by atoms with Gasteiger partial charge in [-0.25, -0.2) is 14.8 Å². The Morgan fingerprint density at radius 3 is 2.56 bits per heavy atom. The summed E-state index contributed by atoms with van der Waals surface area (Å²) in [5, 5.41) is 9.81. The molecule has 1 atom stereocenters. The fourth-order valence-corrected chi connectivity index (χ4v) is 2.41. The minimum absolute atomic E-state index is 0.227. The summed E-state index contributed by atoms with van der Waals surface area (Å²) < 4.78 is 1.49. The summed E-state index contributed by atoms with van der Waals surface area (Å²) >= 11 is 0. The zero-order valence-electron chi connectivity index (χ0n) is 14.3. The molecule has 2 N–H and O–H groups in total. The van der Waals surface area contributed by atoms with E-state index >= 15 is 0 Å². The standard InChI is InChI=1S/C17H19N7O/c1-11-10-12(2)21-16(20-11)24-15(7-9-19-24)23-17(25)22-13(3)14-6-4-5-8-18-14/h4-10,13H,1-3H3,(H2,22,23,25). The molecule has 3 aromatic heterocycles. The second-order valence-electron chi connectivity index (χ2n) is 5.65. The number of hydrogen-bond donors (Lipinski definition) is 2. The molecule has 0 bridgehead atoms. The molecule has 8 heteroatoms. The van der Waals surface area contributed by atoms with E-state index in [-0.39, 0.29) is 12.1 Å². The summed E-state index contributed by atoms with van der Waals surface area (Å²) in [6, 6.07) is 8.55. The first-order chi connectivity index (χ1) is 12.0. The van der Waals surface area contributed by atoms with Crippen LogP contribution in [-0.2, 0) is 0 Å². The maximum Gasteiger partial charge on any atom is 0.320 e. The van der Waals surface area contributed by atoms with Gasteiger partial charge < -0.3 is 5.32 Å². The highest BCUT2D eigenvalue weighted by Gasteiger charge is 2.14. The van der Waals surface area contributed by atoms with Crippen molar-refractivity contribution < 1.29 is 4.79 Å². The highest BCUT2D eigenvalue weighted by Crippen LogP contribution is 2.13. The number of amides is 2. The number of pyridine rings is 1. The van der Waals surface area contributed by atoms with E-state index in [1.54, 1.807) is 18.5 Å². The second-order valence-corrected chi connectivity index (χ2v) is 5.65. The second kappa shape index (κ2) is 7.08. The van der Waals surface area contributed by atoms with Crippen LogP contribution in [0, 0.1) is 13.8 Å². The van der Waals surface area contributed by atoms with E-state index in [0.29, 0.717) is 11.8 Å². The Bertz CT molecular complexity index is 855. The molecule has 0 aliphatic heterocycles. The van der Waals surface area contributed by atoms with Gasteiger partial charge in [0.15, 0.2) is 0 Å². The van der Waals surface area contributed by atoms with Crippen molar-refractivity contribution in [2.24, 2.45) is 0 Å². The lowest BCUT2D eigenvalue weighted by Gasteiger charge is -2.14. The zero-order chi connectivity index (χ0) is 17.8. The maximum atomic E-state index is 12.3. The number of rotatable bonds is 4. The molecule has 0 spiro atoms.